The molecule has 118 valence electrons. The first-order valence-electron chi connectivity index (χ1n) is 6.83. The van der Waals surface area contributed by atoms with Crippen LogP contribution in [0.4, 0.5) is 5.69 Å². The molecule has 0 saturated heterocycles. The topological polar surface area (TPSA) is 93.1 Å². The maximum Gasteiger partial charge on any atom is 0.291 e. The van der Waals surface area contributed by atoms with E-state index in [-0.39, 0.29) is 28.6 Å². The van der Waals surface area contributed by atoms with Gasteiger partial charge in [-0.1, -0.05) is 18.0 Å². The van der Waals surface area contributed by atoms with Gasteiger partial charge in [0, 0.05) is 13.1 Å². The summed E-state index contributed by atoms with van der Waals surface area (Å²) in [6, 6.07) is 0. The second kappa shape index (κ2) is 6.76. The number of anilines is 1. The molecule has 0 aromatic carbocycles. The number of nitrogens with zero attached hydrogens (tertiary/aromatic N) is 2. The van der Waals surface area contributed by atoms with Gasteiger partial charge in [-0.2, -0.15) is 5.10 Å². The molecule has 0 amide bonds. The molecule has 1 heterocycles. The van der Waals surface area contributed by atoms with Gasteiger partial charge in [-0.05, 0) is 25.8 Å². The molecule has 0 spiro atoms. The Morgan fingerprint density at radius 1 is 1.48 bits per heavy atom. The summed E-state index contributed by atoms with van der Waals surface area (Å²) in [7, 11) is -1.97. The first-order valence-corrected chi connectivity index (χ1v) is 8.86. The van der Waals surface area contributed by atoms with Gasteiger partial charge in [0.1, 0.15) is 5.69 Å². The molecule has 1 fully saturated rings. The Morgan fingerprint density at radius 2 is 2.19 bits per heavy atom. The first kappa shape index (κ1) is 16.3. The number of sulfonamides is 1. The molecular formula is C12H19ClN4O3S. The van der Waals surface area contributed by atoms with Gasteiger partial charge in [0.05, 0.1) is 17.0 Å². The molecule has 0 radical (unpaired) electrons. The number of hydrogen-bond donors (Lipinski definition) is 2. The third-order valence-corrected chi connectivity index (χ3v) is 5.29. The van der Waals surface area contributed by atoms with E-state index >= 15 is 0 Å². The minimum absolute atomic E-state index is 0.103. The van der Waals surface area contributed by atoms with Crippen LogP contribution in [0.3, 0.4) is 0 Å². The van der Waals surface area contributed by atoms with Gasteiger partial charge in [0.15, 0.2) is 0 Å². The van der Waals surface area contributed by atoms with Crippen molar-refractivity contribution in [3.8, 4) is 0 Å². The Balaban J connectivity index is 2.07. The largest absolute Gasteiger partial charge is 0.378 e. The van der Waals surface area contributed by atoms with Crippen LogP contribution in [0.25, 0.3) is 0 Å². The highest BCUT2D eigenvalue weighted by molar-refractivity contribution is 7.89. The molecule has 1 aliphatic carbocycles. The van der Waals surface area contributed by atoms with E-state index < -0.39 is 10.0 Å². The SMILES string of the molecule is CNS(=O)(=O)CCNc1c(Cl)cnn(CC2CCC2)c1=O. The van der Waals surface area contributed by atoms with E-state index in [4.69, 9.17) is 11.6 Å². The molecule has 0 atom stereocenters. The molecule has 0 unspecified atom stereocenters. The Hall–Kier alpha value is -1.12. The van der Waals surface area contributed by atoms with Crippen LogP contribution in [-0.4, -0.2) is 37.5 Å². The average Bonchev–Trinajstić information content (AvgIpc) is 2.39. The summed E-state index contributed by atoms with van der Waals surface area (Å²) in [6.45, 7) is 0.686. The van der Waals surface area contributed by atoms with E-state index in [2.05, 4.69) is 15.1 Å². The van der Waals surface area contributed by atoms with Gasteiger partial charge in [-0.25, -0.2) is 17.8 Å². The van der Waals surface area contributed by atoms with E-state index in [1.807, 2.05) is 0 Å². The molecule has 0 aliphatic heterocycles. The lowest BCUT2D eigenvalue weighted by Gasteiger charge is -2.25. The van der Waals surface area contributed by atoms with Crippen molar-refractivity contribution in [3.05, 3.63) is 21.6 Å². The smallest absolute Gasteiger partial charge is 0.291 e. The lowest BCUT2D eigenvalue weighted by Crippen LogP contribution is -2.32. The zero-order valence-corrected chi connectivity index (χ0v) is 13.4. The van der Waals surface area contributed by atoms with Crippen LogP contribution in [0.15, 0.2) is 11.0 Å². The number of rotatable bonds is 7. The molecule has 2 rings (SSSR count). The second-order valence-corrected chi connectivity index (χ2v) is 7.55. The van der Waals surface area contributed by atoms with E-state index in [1.165, 1.54) is 24.3 Å². The van der Waals surface area contributed by atoms with Gasteiger partial charge in [-0.15, -0.1) is 0 Å². The van der Waals surface area contributed by atoms with Crippen LogP contribution in [0.5, 0.6) is 0 Å². The second-order valence-electron chi connectivity index (χ2n) is 5.10. The van der Waals surface area contributed by atoms with Crippen molar-refractivity contribution in [2.75, 3.05) is 24.7 Å². The summed E-state index contributed by atoms with van der Waals surface area (Å²) in [5.74, 6) is 0.360. The first-order chi connectivity index (χ1) is 9.93. The molecule has 1 aromatic rings. The normalized spacial score (nSPS) is 15.7. The fraction of sp³-hybridized carbons (Fsp3) is 0.667. The van der Waals surface area contributed by atoms with E-state index in [9.17, 15) is 13.2 Å². The maximum atomic E-state index is 12.3. The van der Waals surface area contributed by atoms with Crippen LogP contribution >= 0.6 is 11.6 Å². The number of aromatic nitrogens is 2. The van der Waals surface area contributed by atoms with E-state index in [0.717, 1.165) is 12.8 Å². The molecule has 1 saturated carbocycles. The average molecular weight is 335 g/mol. The lowest BCUT2D eigenvalue weighted by molar-refractivity contribution is 0.262. The molecule has 1 aromatic heterocycles. The predicted molar refractivity (Wildman–Crippen MR) is 82.2 cm³/mol. The fourth-order valence-corrected chi connectivity index (χ4v) is 2.86. The van der Waals surface area contributed by atoms with Crippen molar-refractivity contribution < 1.29 is 8.42 Å². The van der Waals surface area contributed by atoms with Gasteiger partial charge >= 0.3 is 0 Å². The van der Waals surface area contributed by atoms with Crippen LogP contribution in [0.1, 0.15) is 19.3 Å². The molecule has 21 heavy (non-hydrogen) atoms. The quantitative estimate of drug-likeness (QED) is 0.764. The van der Waals surface area contributed by atoms with Gasteiger partial charge < -0.3 is 5.32 Å². The summed E-state index contributed by atoms with van der Waals surface area (Å²) < 4.78 is 26.3. The third-order valence-electron chi connectivity index (χ3n) is 3.64. The highest BCUT2D eigenvalue weighted by atomic mass is 35.5. The zero-order chi connectivity index (χ0) is 15.5. The van der Waals surface area contributed by atoms with Crippen LogP contribution < -0.4 is 15.6 Å². The Kier molecular flexibility index (Phi) is 5.23. The van der Waals surface area contributed by atoms with Crippen molar-refractivity contribution in [1.29, 1.82) is 0 Å². The van der Waals surface area contributed by atoms with Crippen molar-refractivity contribution in [3.63, 3.8) is 0 Å². The van der Waals surface area contributed by atoms with E-state index in [0.29, 0.717) is 12.5 Å². The molecule has 9 heteroatoms. The van der Waals surface area contributed by atoms with Crippen LogP contribution in [0, 0.1) is 5.92 Å². The minimum Gasteiger partial charge on any atom is -0.378 e. The predicted octanol–water partition coefficient (Wildman–Crippen LogP) is 0.658. The van der Waals surface area contributed by atoms with Gasteiger partial charge in [0.2, 0.25) is 10.0 Å². The zero-order valence-electron chi connectivity index (χ0n) is 11.8. The van der Waals surface area contributed by atoms with Crippen LogP contribution in [0.2, 0.25) is 5.02 Å². The molecule has 1 aliphatic rings. The number of nitrogens with one attached hydrogen (secondary N) is 2. The standard InChI is InChI=1S/C12H19ClN4O3S/c1-14-21(19,20)6-5-15-11-10(13)7-16-17(12(11)18)8-9-3-2-4-9/h7,9,14-15H,2-6,8H2,1H3. The fourth-order valence-electron chi connectivity index (χ4n) is 2.09. The van der Waals surface area contributed by atoms with Crippen molar-refractivity contribution in [1.82, 2.24) is 14.5 Å². The summed E-state index contributed by atoms with van der Waals surface area (Å²) in [5, 5.41) is 7.03. The van der Waals surface area contributed by atoms with Crippen molar-refractivity contribution in [2.45, 2.75) is 25.8 Å². The summed E-state index contributed by atoms with van der Waals surface area (Å²) >= 11 is 5.97. The Labute approximate surface area is 128 Å². The van der Waals surface area contributed by atoms with Gasteiger partial charge in [0.25, 0.3) is 5.56 Å². The minimum atomic E-state index is -3.32. The van der Waals surface area contributed by atoms with Crippen molar-refractivity contribution >= 4 is 27.3 Å². The summed E-state index contributed by atoms with van der Waals surface area (Å²) in [5.41, 5.74) is -0.103. The lowest BCUT2D eigenvalue weighted by atomic mass is 9.85. The maximum absolute atomic E-state index is 12.3. The Morgan fingerprint density at radius 3 is 2.76 bits per heavy atom. The number of halogens is 1. The van der Waals surface area contributed by atoms with Crippen molar-refractivity contribution in [2.24, 2.45) is 5.92 Å². The summed E-state index contributed by atoms with van der Waals surface area (Å²) in [4.78, 5) is 12.3. The van der Waals surface area contributed by atoms with Crippen LogP contribution in [-0.2, 0) is 16.6 Å². The van der Waals surface area contributed by atoms with E-state index in [1.54, 1.807) is 0 Å². The molecular weight excluding hydrogens is 316 g/mol. The Bertz CT molecular complexity index is 655. The van der Waals surface area contributed by atoms with Gasteiger partial charge in [-0.3, -0.25) is 4.79 Å². The highest BCUT2D eigenvalue weighted by Crippen LogP contribution is 2.27. The number of hydrogen-bond acceptors (Lipinski definition) is 5. The highest BCUT2D eigenvalue weighted by Gasteiger charge is 2.20. The summed E-state index contributed by atoms with van der Waals surface area (Å²) in [6.07, 6.45) is 4.83. The molecule has 7 nitrogen and oxygen atoms in total. The molecule has 0 bridgehead atoms. The monoisotopic (exact) mass is 334 g/mol. The molecule has 2 N–H and O–H groups in total. The third kappa shape index (κ3) is 4.18.